The molecule has 0 aliphatic heterocycles. The fourth-order valence-corrected chi connectivity index (χ4v) is 8.67. The minimum absolute atomic E-state index is 0.00467. The summed E-state index contributed by atoms with van der Waals surface area (Å²) in [4.78, 5) is 0. The molecule has 1 aliphatic carbocycles. The third-order valence-electron chi connectivity index (χ3n) is 5.57. The zero-order valence-electron chi connectivity index (χ0n) is 16.3. The molecule has 1 N–H and O–H groups in total. The van der Waals surface area contributed by atoms with E-state index in [1.165, 1.54) is 23.2 Å². The summed E-state index contributed by atoms with van der Waals surface area (Å²) in [6, 6.07) is 21.5. The number of hydrogen-bond acceptors (Lipinski definition) is 2. The molecule has 140 valence electrons. The first-order valence-corrected chi connectivity index (χ1v) is 11.7. The van der Waals surface area contributed by atoms with Crippen LogP contribution in [0.1, 0.15) is 40.0 Å². The first-order chi connectivity index (χ1) is 12.5. The van der Waals surface area contributed by atoms with E-state index in [2.05, 4.69) is 81.4 Å². The molecule has 26 heavy (non-hydrogen) atoms. The molecule has 0 heterocycles. The Morgan fingerprint density at radius 1 is 0.962 bits per heavy atom. The number of aliphatic hydroxyl groups excluding tert-OH is 1. The second-order valence-corrected chi connectivity index (χ2v) is 13.0. The van der Waals surface area contributed by atoms with Crippen molar-refractivity contribution in [2.75, 3.05) is 13.2 Å². The first-order valence-electron chi connectivity index (χ1n) is 9.83. The molecule has 2 aromatic rings. The first kappa shape index (κ1) is 19.3. The lowest BCUT2D eigenvalue weighted by molar-refractivity contribution is 0.146. The molecule has 1 unspecified atom stereocenters. The van der Waals surface area contributed by atoms with E-state index in [0.29, 0.717) is 6.61 Å². The van der Waals surface area contributed by atoms with Gasteiger partial charge in [-0.15, -0.1) is 0 Å². The molecular weight excluding hydrogens is 336 g/mol. The normalized spacial score (nSPS) is 16.5. The minimum atomic E-state index is -2.47. The Morgan fingerprint density at radius 3 is 1.85 bits per heavy atom. The number of rotatable bonds is 8. The van der Waals surface area contributed by atoms with Gasteiger partial charge in [-0.1, -0.05) is 94.3 Å². The average Bonchev–Trinajstić information content (AvgIpc) is 3.46. The predicted molar refractivity (Wildman–Crippen MR) is 111 cm³/mol. The molecule has 0 saturated heterocycles. The fourth-order valence-electron chi connectivity index (χ4n) is 4.02. The molecule has 0 amide bonds. The van der Waals surface area contributed by atoms with Gasteiger partial charge in [0.2, 0.25) is 0 Å². The third kappa shape index (κ3) is 4.11. The van der Waals surface area contributed by atoms with E-state index in [0.717, 1.165) is 12.3 Å². The average molecular weight is 369 g/mol. The minimum Gasteiger partial charge on any atom is -0.407 e. The predicted octanol–water partition coefficient (Wildman–Crippen LogP) is 3.97. The fraction of sp³-hybridized carbons (Fsp3) is 0.478. The Hall–Kier alpha value is -1.42. The van der Waals surface area contributed by atoms with Gasteiger partial charge in [0, 0.05) is 19.1 Å². The molecule has 0 bridgehead atoms. The molecule has 3 rings (SSSR count). The number of hydrogen-bond donors (Lipinski definition) is 1. The molecule has 1 aliphatic rings. The van der Waals surface area contributed by atoms with Gasteiger partial charge < -0.3 is 9.53 Å². The van der Waals surface area contributed by atoms with Crippen LogP contribution < -0.4 is 10.4 Å². The summed E-state index contributed by atoms with van der Waals surface area (Å²) in [6.07, 6.45) is 3.72. The Morgan fingerprint density at radius 2 is 1.46 bits per heavy atom. The summed E-state index contributed by atoms with van der Waals surface area (Å²) in [5, 5.41) is 12.5. The summed E-state index contributed by atoms with van der Waals surface area (Å²) in [7, 11) is -2.47. The summed E-state index contributed by atoms with van der Waals surface area (Å²) in [6.45, 7) is 7.76. The topological polar surface area (TPSA) is 29.5 Å². The molecule has 1 atom stereocenters. The molecule has 0 aromatic heterocycles. The summed E-state index contributed by atoms with van der Waals surface area (Å²) in [5.74, 6) is 1.04. The standard InChI is InChI=1S/C23H32O2Si/c1-23(2,3)26(21-10-6-4-7-11-21,22-12-8-5-9-13-22)25-18-20(17-24)16-19-14-15-19/h4-13,19-20,24H,14-18H2,1-3H3. The SMILES string of the molecule is CC(C)(C)[Si](OCC(CO)CC1CC1)(c1ccccc1)c1ccccc1. The lowest BCUT2D eigenvalue weighted by Crippen LogP contribution is -2.67. The molecule has 2 aromatic carbocycles. The Bertz CT molecular complexity index is 635. The van der Waals surface area contributed by atoms with Crippen LogP contribution in [0.4, 0.5) is 0 Å². The number of aliphatic hydroxyl groups is 1. The van der Waals surface area contributed by atoms with Crippen LogP contribution in [0.15, 0.2) is 60.7 Å². The van der Waals surface area contributed by atoms with Crippen molar-refractivity contribution in [3.05, 3.63) is 60.7 Å². The smallest absolute Gasteiger partial charge is 0.261 e. The summed E-state index contributed by atoms with van der Waals surface area (Å²) in [5.41, 5.74) is 0. The molecule has 1 fully saturated rings. The Kier molecular flexibility index (Phi) is 6.01. The van der Waals surface area contributed by atoms with E-state index in [1.807, 2.05) is 0 Å². The van der Waals surface area contributed by atoms with E-state index in [4.69, 9.17) is 4.43 Å². The highest BCUT2D eigenvalue weighted by atomic mass is 28.4. The van der Waals surface area contributed by atoms with Gasteiger partial charge in [0.15, 0.2) is 0 Å². The highest BCUT2D eigenvalue weighted by molar-refractivity contribution is 6.99. The van der Waals surface area contributed by atoms with Crippen LogP contribution in [0.2, 0.25) is 5.04 Å². The van der Waals surface area contributed by atoms with Crippen LogP contribution in [-0.4, -0.2) is 26.6 Å². The van der Waals surface area contributed by atoms with Gasteiger partial charge in [0.1, 0.15) is 0 Å². The maximum Gasteiger partial charge on any atom is 0.261 e. The van der Waals surface area contributed by atoms with Gasteiger partial charge in [-0.05, 0) is 27.8 Å². The largest absolute Gasteiger partial charge is 0.407 e. The van der Waals surface area contributed by atoms with Crippen LogP contribution in [-0.2, 0) is 4.43 Å². The van der Waals surface area contributed by atoms with Crippen LogP contribution in [0.25, 0.3) is 0 Å². The zero-order valence-corrected chi connectivity index (χ0v) is 17.3. The van der Waals surface area contributed by atoms with Gasteiger partial charge in [-0.3, -0.25) is 0 Å². The van der Waals surface area contributed by atoms with E-state index in [9.17, 15) is 5.11 Å². The lowest BCUT2D eigenvalue weighted by Gasteiger charge is -2.43. The van der Waals surface area contributed by atoms with Crippen LogP contribution in [0.3, 0.4) is 0 Å². The number of benzene rings is 2. The quantitative estimate of drug-likeness (QED) is 0.715. The summed E-state index contributed by atoms with van der Waals surface area (Å²) >= 11 is 0. The van der Waals surface area contributed by atoms with Crippen LogP contribution in [0.5, 0.6) is 0 Å². The van der Waals surface area contributed by atoms with Gasteiger partial charge in [0.05, 0.1) is 0 Å². The third-order valence-corrected chi connectivity index (χ3v) is 10.6. The Labute approximate surface area is 159 Å². The molecule has 0 spiro atoms. The lowest BCUT2D eigenvalue weighted by atomic mass is 10.1. The van der Waals surface area contributed by atoms with Crippen LogP contribution >= 0.6 is 0 Å². The van der Waals surface area contributed by atoms with Gasteiger partial charge in [0.25, 0.3) is 8.32 Å². The van der Waals surface area contributed by atoms with E-state index in [1.54, 1.807) is 0 Å². The second-order valence-electron chi connectivity index (χ2n) is 8.70. The van der Waals surface area contributed by atoms with Crippen molar-refractivity contribution in [1.29, 1.82) is 0 Å². The molecule has 3 heteroatoms. The van der Waals surface area contributed by atoms with Gasteiger partial charge in [-0.2, -0.15) is 0 Å². The second kappa shape index (κ2) is 8.08. The molecule has 2 nitrogen and oxygen atoms in total. The maximum atomic E-state index is 9.88. The van der Waals surface area contributed by atoms with Crippen molar-refractivity contribution >= 4 is 18.7 Å². The van der Waals surface area contributed by atoms with Crippen molar-refractivity contribution < 1.29 is 9.53 Å². The van der Waals surface area contributed by atoms with E-state index in [-0.39, 0.29) is 17.6 Å². The van der Waals surface area contributed by atoms with Crippen molar-refractivity contribution in [2.45, 2.75) is 45.1 Å². The van der Waals surface area contributed by atoms with Crippen molar-refractivity contribution in [3.63, 3.8) is 0 Å². The molecule has 1 saturated carbocycles. The maximum absolute atomic E-state index is 9.88. The van der Waals surface area contributed by atoms with Crippen LogP contribution in [0, 0.1) is 11.8 Å². The monoisotopic (exact) mass is 368 g/mol. The molecular formula is C23H32O2Si. The zero-order chi connectivity index (χ0) is 18.6. The van der Waals surface area contributed by atoms with Crippen molar-refractivity contribution in [1.82, 2.24) is 0 Å². The van der Waals surface area contributed by atoms with Crippen molar-refractivity contribution in [3.8, 4) is 0 Å². The van der Waals surface area contributed by atoms with E-state index >= 15 is 0 Å². The van der Waals surface area contributed by atoms with Gasteiger partial charge >= 0.3 is 0 Å². The highest BCUT2D eigenvalue weighted by Gasteiger charge is 2.50. The molecule has 0 radical (unpaired) electrons. The van der Waals surface area contributed by atoms with Gasteiger partial charge in [-0.25, -0.2) is 0 Å². The van der Waals surface area contributed by atoms with Crippen molar-refractivity contribution in [2.24, 2.45) is 11.8 Å². The summed E-state index contributed by atoms with van der Waals surface area (Å²) < 4.78 is 6.93. The Balaban J connectivity index is 1.99. The van der Waals surface area contributed by atoms with E-state index < -0.39 is 8.32 Å². The highest BCUT2D eigenvalue weighted by Crippen LogP contribution is 2.39.